The molecule has 0 radical (unpaired) electrons. The molecule has 1 rings (SSSR count). The van der Waals surface area contributed by atoms with Gasteiger partial charge in [0.05, 0.1) is 12.0 Å². The molecule has 0 aliphatic carbocycles. The standard InChI is InChI=1S/C18H24N2O7/c19-13(16(23)20-14(18(26)27)8-9-15(21)22)10-12(17(24)25)7-6-11-4-2-1-3-5-11/h1-5,12-14H,6-10,19H2,(H,20,23)(H,21,22)(H,24,25)(H,26,27)/t12?,13-,14+/m1/s1. The molecule has 0 fully saturated rings. The number of aryl methyl sites for hydroxylation is 1. The zero-order valence-corrected chi connectivity index (χ0v) is 14.7. The summed E-state index contributed by atoms with van der Waals surface area (Å²) in [7, 11) is 0. The van der Waals surface area contributed by atoms with Crippen LogP contribution in [0.1, 0.15) is 31.2 Å². The van der Waals surface area contributed by atoms with Crippen LogP contribution >= 0.6 is 0 Å². The van der Waals surface area contributed by atoms with Crippen molar-refractivity contribution >= 4 is 23.8 Å². The van der Waals surface area contributed by atoms with Crippen LogP contribution < -0.4 is 11.1 Å². The second-order valence-electron chi connectivity index (χ2n) is 6.23. The Kier molecular flexibility index (Phi) is 8.94. The number of hydrogen-bond acceptors (Lipinski definition) is 5. The van der Waals surface area contributed by atoms with E-state index >= 15 is 0 Å². The van der Waals surface area contributed by atoms with Crippen molar-refractivity contribution in [3.63, 3.8) is 0 Å². The molecule has 0 spiro atoms. The molecule has 9 heteroatoms. The van der Waals surface area contributed by atoms with Crippen molar-refractivity contribution in [2.24, 2.45) is 11.7 Å². The van der Waals surface area contributed by atoms with Gasteiger partial charge in [0.25, 0.3) is 0 Å². The zero-order chi connectivity index (χ0) is 20.4. The summed E-state index contributed by atoms with van der Waals surface area (Å²) in [6.07, 6.45) is -0.0930. The maximum atomic E-state index is 12.1. The van der Waals surface area contributed by atoms with Gasteiger partial charge in [-0.15, -0.1) is 0 Å². The number of nitrogens with two attached hydrogens (primary N) is 1. The summed E-state index contributed by atoms with van der Waals surface area (Å²) in [4.78, 5) is 45.2. The van der Waals surface area contributed by atoms with E-state index in [1.807, 2.05) is 30.3 Å². The quantitative estimate of drug-likeness (QED) is 0.349. The van der Waals surface area contributed by atoms with E-state index in [-0.39, 0.29) is 19.3 Å². The first-order valence-corrected chi connectivity index (χ1v) is 8.48. The Balaban J connectivity index is 2.61. The monoisotopic (exact) mass is 380 g/mol. The normalized spacial score (nSPS) is 14.0. The molecule has 148 valence electrons. The van der Waals surface area contributed by atoms with E-state index < -0.39 is 48.2 Å². The molecule has 1 aromatic rings. The third-order valence-corrected chi connectivity index (χ3v) is 4.11. The van der Waals surface area contributed by atoms with Gasteiger partial charge >= 0.3 is 17.9 Å². The summed E-state index contributed by atoms with van der Waals surface area (Å²) in [6, 6.07) is 6.65. The summed E-state index contributed by atoms with van der Waals surface area (Å²) < 4.78 is 0. The van der Waals surface area contributed by atoms with Gasteiger partial charge in [-0.1, -0.05) is 30.3 Å². The molecule has 1 amide bonds. The van der Waals surface area contributed by atoms with Gasteiger partial charge in [-0.3, -0.25) is 14.4 Å². The van der Waals surface area contributed by atoms with Gasteiger partial charge in [-0.05, 0) is 31.2 Å². The Morgan fingerprint density at radius 2 is 1.59 bits per heavy atom. The average Bonchev–Trinajstić information content (AvgIpc) is 2.61. The number of carboxylic acids is 3. The van der Waals surface area contributed by atoms with Gasteiger partial charge < -0.3 is 26.4 Å². The topological polar surface area (TPSA) is 167 Å². The number of carbonyl (C=O) groups excluding carboxylic acids is 1. The number of rotatable bonds is 12. The maximum absolute atomic E-state index is 12.1. The smallest absolute Gasteiger partial charge is 0.326 e. The largest absolute Gasteiger partial charge is 0.481 e. The molecule has 0 aromatic heterocycles. The summed E-state index contributed by atoms with van der Waals surface area (Å²) in [5.41, 5.74) is 6.70. The minimum absolute atomic E-state index is 0.154. The van der Waals surface area contributed by atoms with E-state index in [2.05, 4.69) is 5.32 Å². The molecular weight excluding hydrogens is 356 g/mol. The molecule has 0 bridgehead atoms. The molecule has 27 heavy (non-hydrogen) atoms. The highest BCUT2D eigenvalue weighted by atomic mass is 16.4. The summed E-state index contributed by atoms with van der Waals surface area (Å²) in [5, 5.41) is 29.2. The van der Waals surface area contributed by atoms with E-state index in [0.717, 1.165) is 5.56 Å². The Hall–Kier alpha value is -2.94. The van der Waals surface area contributed by atoms with Crippen LogP contribution in [-0.2, 0) is 25.6 Å². The Morgan fingerprint density at radius 3 is 2.11 bits per heavy atom. The lowest BCUT2D eigenvalue weighted by Crippen LogP contribution is -2.49. The van der Waals surface area contributed by atoms with Crippen molar-refractivity contribution in [2.45, 2.75) is 44.2 Å². The van der Waals surface area contributed by atoms with Gasteiger partial charge in [0.1, 0.15) is 6.04 Å². The first kappa shape index (κ1) is 22.1. The highest BCUT2D eigenvalue weighted by molar-refractivity contribution is 5.87. The Bertz CT molecular complexity index is 663. The van der Waals surface area contributed by atoms with Crippen LogP contribution in [0, 0.1) is 5.92 Å². The predicted octanol–water partition coefficient (Wildman–Crippen LogP) is 0.472. The fourth-order valence-electron chi connectivity index (χ4n) is 2.55. The fourth-order valence-corrected chi connectivity index (χ4v) is 2.55. The van der Waals surface area contributed by atoms with Crippen LogP contribution in [0.3, 0.4) is 0 Å². The van der Waals surface area contributed by atoms with Gasteiger partial charge in [-0.25, -0.2) is 4.79 Å². The first-order chi connectivity index (χ1) is 12.7. The van der Waals surface area contributed by atoms with Crippen LogP contribution in [-0.4, -0.2) is 51.2 Å². The second-order valence-corrected chi connectivity index (χ2v) is 6.23. The fraction of sp³-hybridized carbons (Fsp3) is 0.444. The molecule has 1 aromatic carbocycles. The van der Waals surface area contributed by atoms with Gasteiger partial charge in [-0.2, -0.15) is 0 Å². The molecule has 9 nitrogen and oxygen atoms in total. The number of carbonyl (C=O) groups is 4. The Labute approximate surface area is 156 Å². The van der Waals surface area contributed by atoms with Crippen molar-refractivity contribution in [2.75, 3.05) is 0 Å². The number of nitrogens with one attached hydrogen (secondary N) is 1. The maximum Gasteiger partial charge on any atom is 0.326 e. The van der Waals surface area contributed by atoms with E-state index in [1.165, 1.54) is 0 Å². The van der Waals surface area contributed by atoms with Gasteiger partial charge in [0.15, 0.2) is 0 Å². The molecule has 0 heterocycles. The number of amides is 1. The Morgan fingerprint density at radius 1 is 0.963 bits per heavy atom. The van der Waals surface area contributed by atoms with Crippen LogP contribution in [0.15, 0.2) is 30.3 Å². The molecule has 0 saturated heterocycles. The van der Waals surface area contributed by atoms with Crippen molar-refractivity contribution in [3.8, 4) is 0 Å². The molecule has 3 atom stereocenters. The number of benzene rings is 1. The minimum Gasteiger partial charge on any atom is -0.481 e. The van der Waals surface area contributed by atoms with E-state index in [9.17, 15) is 24.3 Å². The van der Waals surface area contributed by atoms with Crippen LogP contribution in [0.2, 0.25) is 0 Å². The highest BCUT2D eigenvalue weighted by Gasteiger charge is 2.28. The lowest BCUT2D eigenvalue weighted by atomic mass is 9.93. The second kappa shape index (κ2) is 10.9. The lowest BCUT2D eigenvalue weighted by molar-refractivity contribution is -0.145. The van der Waals surface area contributed by atoms with E-state index in [0.29, 0.717) is 6.42 Å². The summed E-state index contributed by atoms with van der Waals surface area (Å²) in [5.74, 6) is -5.34. The molecule has 0 saturated carbocycles. The van der Waals surface area contributed by atoms with Crippen molar-refractivity contribution in [1.82, 2.24) is 5.32 Å². The predicted molar refractivity (Wildman–Crippen MR) is 94.9 cm³/mol. The third-order valence-electron chi connectivity index (χ3n) is 4.11. The third kappa shape index (κ3) is 8.32. The molecular formula is C18H24N2O7. The molecule has 6 N–H and O–H groups in total. The first-order valence-electron chi connectivity index (χ1n) is 8.48. The highest BCUT2D eigenvalue weighted by Crippen LogP contribution is 2.16. The van der Waals surface area contributed by atoms with Crippen LogP contribution in [0.5, 0.6) is 0 Å². The molecule has 1 unspecified atom stereocenters. The minimum atomic E-state index is -1.40. The number of hydrogen-bond donors (Lipinski definition) is 5. The molecule has 0 aliphatic rings. The van der Waals surface area contributed by atoms with E-state index in [1.54, 1.807) is 0 Å². The van der Waals surface area contributed by atoms with Gasteiger partial charge in [0, 0.05) is 6.42 Å². The van der Waals surface area contributed by atoms with Crippen molar-refractivity contribution in [1.29, 1.82) is 0 Å². The lowest BCUT2D eigenvalue weighted by Gasteiger charge is -2.20. The average molecular weight is 380 g/mol. The van der Waals surface area contributed by atoms with E-state index in [4.69, 9.17) is 15.9 Å². The van der Waals surface area contributed by atoms with Crippen molar-refractivity contribution in [3.05, 3.63) is 35.9 Å². The molecule has 0 aliphatic heterocycles. The van der Waals surface area contributed by atoms with Crippen LogP contribution in [0.25, 0.3) is 0 Å². The number of carboxylic acid groups (broad SMARTS) is 3. The summed E-state index contributed by atoms with van der Waals surface area (Å²) >= 11 is 0. The SMILES string of the molecule is N[C@H](CC(CCc1ccccc1)C(=O)O)C(=O)N[C@@H](CCC(=O)O)C(=O)O. The number of aliphatic carboxylic acids is 3. The van der Waals surface area contributed by atoms with Crippen LogP contribution in [0.4, 0.5) is 0 Å². The zero-order valence-electron chi connectivity index (χ0n) is 14.7. The van der Waals surface area contributed by atoms with Crippen molar-refractivity contribution < 1.29 is 34.5 Å². The van der Waals surface area contributed by atoms with Gasteiger partial charge in [0.2, 0.25) is 5.91 Å². The summed E-state index contributed by atoms with van der Waals surface area (Å²) in [6.45, 7) is 0.